The van der Waals surface area contributed by atoms with Gasteiger partial charge in [-0.25, -0.2) is 0 Å². The van der Waals surface area contributed by atoms with Crippen molar-refractivity contribution in [3.8, 4) is 0 Å². The monoisotopic (exact) mass is 301 g/mol. The fourth-order valence-electron chi connectivity index (χ4n) is 2.70. The molecule has 0 spiro atoms. The number of nitrogens with one attached hydrogen (secondary N) is 1. The van der Waals surface area contributed by atoms with Crippen molar-refractivity contribution >= 4 is 27.3 Å². The SMILES string of the molecule is Brc1csc(C2(CC3CCCN3)COC2)c1. The van der Waals surface area contributed by atoms with Crippen molar-refractivity contribution in [3.63, 3.8) is 0 Å². The first kappa shape index (κ1) is 11.2. The normalized spacial score (nSPS) is 27.9. The third-order valence-corrected chi connectivity index (χ3v) is 5.58. The van der Waals surface area contributed by atoms with Gasteiger partial charge in [0, 0.05) is 20.8 Å². The van der Waals surface area contributed by atoms with E-state index < -0.39 is 0 Å². The molecule has 1 unspecified atom stereocenters. The Morgan fingerprint density at radius 1 is 1.56 bits per heavy atom. The van der Waals surface area contributed by atoms with E-state index in [1.54, 1.807) is 0 Å². The van der Waals surface area contributed by atoms with Crippen LogP contribution in [0.15, 0.2) is 15.9 Å². The van der Waals surface area contributed by atoms with Gasteiger partial charge >= 0.3 is 0 Å². The third kappa shape index (κ3) is 1.96. The minimum Gasteiger partial charge on any atom is -0.379 e. The van der Waals surface area contributed by atoms with Crippen molar-refractivity contribution in [2.24, 2.45) is 0 Å². The van der Waals surface area contributed by atoms with Gasteiger partial charge in [-0.15, -0.1) is 11.3 Å². The molecule has 4 heteroatoms. The van der Waals surface area contributed by atoms with Crippen LogP contribution in [-0.4, -0.2) is 25.8 Å². The Bertz CT molecular complexity index is 369. The molecule has 2 aliphatic rings. The Hall–Kier alpha value is 0.1000. The molecule has 2 fully saturated rings. The van der Waals surface area contributed by atoms with Crippen LogP contribution in [0.25, 0.3) is 0 Å². The second-order valence-corrected chi connectivity index (χ2v) is 6.73. The molecule has 1 aromatic rings. The molecule has 1 aromatic heterocycles. The molecule has 16 heavy (non-hydrogen) atoms. The van der Waals surface area contributed by atoms with Gasteiger partial charge in [-0.1, -0.05) is 0 Å². The van der Waals surface area contributed by atoms with Crippen molar-refractivity contribution in [3.05, 3.63) is 20.8 Å². The summed E-state index contributed by atoms with van der Waals surface area (Å²) in [6, 6.07) is 2.96. The lowest BCUT2D eigenvalue weighted by atomic mass is 9.78. The van der Waals surface area contributed by atoms with Crippen LogP contribution in [0, 0.1) is 0 Å². The van der Waals surface area contributed by atoms with Crippen molar-refractivity contribution < 1.29 is 4.74 Å². The Balaban J connectivity index is 1.77. The number of ether oxygens (including phenoxy) is 1. The first-order valence-corrected chi connectivity index (χ1v) is 7.51. The van der Waals surface area contributed by atoms with Gasteiger partial charge in [0.1, 0.15) is 0 Å². The third-order valence-electron chi connectivity index (χ3n) is 3.65. The quantitative estimate of drug-likeness (QED) is 0.927. The fourth-order valence-corrected chi connectivity index (χ4v) is 4.32. The van der Waals surface area contributed by atoms with Gasteiger partial charge in [0.15, 0.2) is 0 Å². The zero-order chi connectivity index (χ0) is 11.0. The van der Waals surface area contributed by atoms with Gasteiger partial charge in [-0.05, 0) is 47.8 Å². The largest absolute Gasteiger partial charge is 0.379 e. The number of thiophene rings is 1. The minimum absolute atomic E-state index is 0.304. The van der Waals surface area contributed by atoms with Crippen LogP contribution in [0.3, 0.4) is 0 Å². The van der Waals surface area contributed by atoms with Crippen molar-refractivity contribution in [2.45, 2.75) is 30.7 Å². The Kier molecular flexibility index (Phi) is 3.09. The van der Waals surface area contributed by atoms with Gasteiger partial charge in [-0.2, -0.15) is 0 Å². The van der Waals surface area contributed by atoms with Crippen molar-refractivity contribution in [1.82, 2.24) is 5.32 Å². The van der Waals surface area contributed by atoms with Crippen molar-refractivity contribution in [2.75, 3.05) is 19.8 Å². The Morgan fingerprint density at radius 3 is 2.94 bits per heavy atom. The van der Waals surface area contributed by atoms with Crippen LogP contribution >= 0.6 is 27.3 Å². The fraction of sp³-hybridized carbons (Fsp3) is 0.667. The first-order chi connectivity index (χ1) is 7.78. The molecule has 2 aliphatic heterocycles. The number of hydrogen-bond acceptors (Lipinski definition) is 3. The lowest BCUT2D eigenvalue weighted by Gasteiger charge is -2.42. The summed E-state index contributed by atoms with van der Waals surface area (Å²) >= 11 is 5.41. The van der Waals surface area contributed by atoms with Crippen molar-refractivity contribution in [1.29, 1.82) is 0 Å². The molecule has 3 heterocycles. The highest BCUT2D eigenvalue weighted by atomic mass is 79.9. The molecule has 0 bridgehead atoms. The highest BCUT2D eigenvalue weighted by molar-refractivity contribution is 9.10. The maximum absolute atomic E-state index is 5.48. The number of halogens is 1. The van der Waals surface area contributed by atoms with Crippen LogP contribution in [0.5, 0.6) is 0 Å². The minimum atomic E-state index is 0.304. The van der Waals surface area contributed by atoms with Crippen LogP contribution < -0.4 is 5.32 Å². The average molecular weight is 302 g/mol. The van der Waals surface area contributed by atoms with E-state index in [-0.39, 0.29) is 0 Å². The lowest BCUT2D eigenvalue weighted by Crippen LogP contribution is -2.49. The average Bonchev–Trinajstić information content (AvgIpc) is 2.82. The van der Waals surface area contributed by atoms with Crippen LogP contribution in [0.2, 0.25) is 0 Å². The van der Waals surface area contributed by atoms with E-state index in [4.69, 9.17) is 4.74 Å². The lowest BCUT2D eigenvalue weighted by molar-refractivity contribution is -0.0660. The number of hydrogen-bond donors (Lipinski definition) is 1. The molecule has 88 valence electrons. The molecule has 0 saturated carbocycles. The van der Waals surface area contributed by atoms with Crippen LogP contribution in [0.1, 0.15) is 24.1 Å². The van der Waals surface area contributed by atoms with E-state index in [0.717, 1.165) is 13.2 Å². The van der Waals surface area contributed by atoms with Crippen LogP contribution in [0.4, 0.5) is 0 Å². The second kappa shape index (κ2) is 4.41. The smallest absolute Gasteiger partial charge is 0.0594 e. The van der Waals surface area contributed by atoms with E-state index in [2.05, 4.69) is 32.7 Å². The van der Waals surface area contributed by atoms with Gasteiger partial charge in [0.05, 0.1) is 18.6 Å². The summed E-state index contributed by atoms with van der Waals surface area (Å²) in [5, 5.41) is 5.77. The second-order valence-electron chi connectivity index (χ2n) is 4.90. The summed E-state index contributed by atoms with van der Waals surface area (Å²) < 4.78 is 6.68. The molecular weight excluding hydrogens is 286 g/mol. The van der Waals surface area contributed by atoms with Gasteiger partial charge in [-0.3, -0.25) is 0 Å². The molecule has 2 saturated heterocycles. The predicted octanol–water partition coefficient (Wildman–Crippen LogP) is 2.92. The molecule has 3 rings (SSSR count). The van der Waals surface area contributed by atoms with Gasteiger partial charge in [0.25, 0.3) is 0 Å². The molecular formula is C12H16BrNOS. The molecule has 1 atom stereocenters. The van der Waals surface area contributed by atoms with Gasteiger partial charge in [0.2, 0.25) is 0 Å². The summed E-state index contributed by atoms with van der Waals surface area (Å²) in [4.78, 5) is 1.49. The summed E-state index contributed by atoms with van der Waals surface area (Å²) in [5.41, 5.74) is 0.304. The standard InChI is InChI=1S/C12H16BrNOS/c13-9-4-11(16-6-9)12(7-15-8-12)5-10-2-1-3-14-10/h4,6,10,14H,1-3,5,7-8H2. The predicted molar refractivity (Wildman–Crippen MR) is 70.2 cm³/mol. The maximum atomic E-state index is 5.48. The molecule has 0 radical (unpaired) electrons. The molecule has 0 aliphatic carbocycles. The highest BCUT2D eigenvalue weighted by Gasteiger charge is 2.43. The van der Waals surface area contributed by atoms with E-state index in [1.807, 2.05) is 11.3 Å². The summed E-state index contributed by atoms with van der Waals surface area (Å²) in [6.45, 7) is 2.99. The van der Waals surface area contributed by atoms with E-state index >= 15 is 0 Å². The molecule has 2 nitrogen and oxygen atoms in total. The highest BCUT2D eigenvalue weighted by Crippen LogP contribution is 2.41. The van der Waals surface area contributed by atoms with E-state index in [0.29, 0.717) is 11.5 Å². The molecule has 0 aromatic carbocycles. The summed E-state index contributed by atoms with van der Waals surface area (Å²) in [5.74, 6) is 0. The van der Waals surface area contributed by atoms with E-state index in [9.17, 15) is 0 Å². The maximum Gasteiger partial charge on any atom is 0.0594 e. The Labute approximate surface area is 109 Å². The molecule has 1 N–H and O–H groups in total. The topological polar surface area (TPSA) is 21.3 Å². The summed E-state index contributed by atoms with van der Waals surface area (Å²) in [7, 11) is 0. The first-order valence-electron chi connectivity index (χ1n) is 5.84. The van der Waals surface area contributed by atoms with E-state index in [1.165, 1.54) is 35.2 Å². The van der Waals surface area contributed by atoms with Gasteiger partial charge < -0.3 is 10.1 Å². The number of rotatable bonds is 3. The van der Waals surface area contributed by atoms with Crippen LogP contribution in [-0.2, 0) is 10.2 Å². The Morgan fingerprint density at radius 2 is 2.44 bits per heavy atom. The molecule has 0 amide bonds. The summed E-state index contributed by atoms with van der Waals surface area (Å²) in [6.07, 6.45) is 3.89. The zero-order valence-corrected chi connectivity index (χ0v) is 11.6. The zero-order valence-electron chi connectivity index (χ0n) is 9.17.